The van der Waals surface area contributed by atoms with Crippen LogP contribution in [0.15, 0.2) is 18.2 Å². The van der Waals surface area contributed by atoms with Crippen LogP contribution in [0.5, 0.6) is 0 Å². The number of aryl methyl sites for hydroxylation is 2. The number of hydrogen-bond donors (Lipinski definition) is 1. The highest BCUT2D eigenvalue weighted by atomic mass is 16.5. The molecule has 0 radical (unpaired) electrons. The lowest BCUT2D eigenvalue weighted by molar-refractivity contribution is -0.150. The number of aliphatic hydroxyl groups excluding tert-OH is 1. The molecule has 1 N–H and O–H groups in total. The topological polar surface area (TPSA) is 46.5 Å². The summed E-state index contributed by atoms with van der Waals surface area (Å²) in [4.78, 5) is 11.1. The molecule has 0 aliphatic heterocycles. The Morgan fingerprint density at radius 2 is 1.93 bits per heavy atom. The Labute approximate surface area is 89.7 Å². The number of benzene rings is 1. The van der Waals surface area contributed by atoms with Crippen molar-refractivity contribution in [2.45, 2.75) is 26.4 Å². The van der Waals surface area contributed by atoms with Crippen molar-refractivity contribution in [2.24, 2.45) is 0 Å². The summed E-state index contributed by atoms with van der Waals surface area (Å²) in [7, 11) is 1.27. The van der Waals surface area contributed by atoms with Crippen molar-refractivity contribution in [1.82, 2.24) is 0 Å². The number of carbonyl (C=O) groups excluding carboxylic acids is 1. The summed E-state index contributed by atoms with van der Waals surface area (Å²) in [6.07, 6.45) is -0.764. The van der Waals surface area contributed by atoms with Crippen molar-refractivity contribution in [1.29, 1.82) is 0 Å². The first-order chi connectivity index (χ1) is 7.06. The van der Waals surface area contributed by atoms with Gasteiger partial charge in [-0.15, -0.1) is 0 Å². The molecule has 1 atom stereocenters. The van der Waals surface area contributed by atoms with Gasteiger partial charge in [0, 0.05) is 6.42 Å². The first kappa shape index (κ1) is 11.7. The standard InChI is InChI=1S/C12H16O3/c1-8-5-4-6-9(2)10(8)7-11(13)12(14)15-3/h4-6,11,13H,7H2,1-3H3. The molecule has 82 valence electrons. The molecule has 0 aliphatic rings. The van der Waals surface area contributed by atoms with Crippen molar-refractivity contribution in [3.05, 3.63) is 34.9 Å². The number of aliphatic hydroxyl groups is 1. The molecule has 0 saturated heterocycles. The van der Waals surface area contributed by atoms with Gasteiger partial charge in [-0.2, -0.15) is 0 Å². The molecular formula is C12H16O3. The summed E-state index contributed by atoms with van der Waals surface area (Å²) >= 11 is 0. The zero-order valence-corrected chi connectivity index (χ0v) is 9.28. The first-order valence-electron chi connectivity index (χ1n) is 4.87. The normalized spacial score (nSPS) is 12.3. The van der Waals surface area contributed by atoms with Crippen LogP contribution in [0.4, 0.5) is 0 Å². The minimum atomic E-state index is -1.07. The van der Waals surface area contributed by atoms with Crippen LogP contribution in [0, 0.1) is 13.8 Å². The van der Waals surface area contributed by atoms with Crippen LogP contribution in [0.1, 0.15) is 16.7 Å². The molecule has 1 aromatic rings. The quantitative estimate of drug-likeness (QED) is 0.763. The molecular weight excluding hydrogens is 192 g/mol. The summed E-state index contributed by atoms with van der Waals surface area (Å²) in [6, 6.07) is 5.89. The fourth-order valence-corrected chi connectivity index (χ4v) is 1.58. The van der Waals surface area contributed by atoms with E-state index in [1.807, 2.05) is 32.0 Å². The molecule has 0 bridgehead atoms. The first-order valence-corrected chi connectivity index (χ1v) is 4.87. The second kappa shape index (κ2) is 4.94. The van der Waals surface area contributed by atoms with Gasteiger partial charge in [-0.1, -0.05) is 18.2 Å². The predicted molar refractivity (Wildman–Crippen MR) is 57.6 cm³/mol. The fraction of sp³-hybridized carbons (Fsp3) is 0.417. The monoisotopic (exact) mass is 208 g/mol. The Hall–Kier alpha value is -1.35. The average molecular weight is 208 g/mol. The minimum Gasteiger partial charge on any atom is -0.467 e. The van der Waals surface area contributed by atoms with Gasteiger partial charge in [0.2, 0.25) is 0 Å². The Kier molecular flexibility index (Phi) is 3.86. The van der Waals surface area contributed by atoms with E-state index in [9.17, 15) is 9.90 Å². The largest absolute Gasteiger partial charge is 0.467 e. The third-order valence-corrected chi connectivity index (χ3v) is 2.52. The summed E-state index contributed by atoms with van der Waals surface area (Å²) < 4.78 is 4.48. The van der Waals surface area contributed by atoms with E-state index in [1.165, 1.54) is 7.11 Å². The summed E-state index contributed by atoms with van der Waals surface area (Å²) in [6.45, 7) is 3.93. The number of carbonyl (C=O) groups is 1. The summed E-state index contributed by atoms with van der Waals surface area (Å²) in [5.74, 6) is -0.586. The molecule has 1 rings (SSSR count). The van der Waals surface area contributed by atoms with Gasteiger partial charge >= 0.3 is 5.97 Å². The summed E-state index contributed by atoms with van der Waals surface area (Å²) in [5, 5.41) is 9.55. The molecule has 0 amide bonds. The summed E-state index contributed by atoms with van der Waals surface area (Å²) in [5.41, 5.74) is 3.17. The van der Waals surface area contributed by atoms with Gasteiger partial charge in [0.15, 0.2) is 6.10 Å². The van der Waals surface area contributed by atoms with Crippen LogP contribution in [0.25, 0.3) is 0 Å². The van der Waals surface area contributed by atoms with Gasteiger partial charge in [-0.3, -0.25) is 0 Å². The van der Waals surface area contributed by atoms with Crippen LogP contribution in [-0.2, 0) is 16.0 Å². The number of esters is 1. The second-order valence-corrected chi connectivity index (χ2v) is 3.61. The predicted octanol–water partition coefficient (Wildman–Crippen LogP) is 1.38. The van der Waals surface area contributed by atoms with Gasteiger partial charge in [0.25, 0.3) is 0 Å². The van der Waals surface area contributed by atoms with E-state index in [1.54, 1.807) is 0 Å². The van der Waals surface area contributed by atoms with Crippen molar-refractivity contribution >= 4 is 5.97 Å². The van der Waals surface area contributed by atoms with Crippen LogP contribution >= 0.6 is 0 Å². The third kappa shape index (κ3) is 2.80. The highest BCUT2D eigenvalue weighted by Crippen LogP contribution is 2.15. The van der Waals surface area contributed by atoms with E-state index >= 15 is 0 Å². The zero-order chi connectivity index (χ0) is 11.4. The Morgan fingerprint density at radius 1 is 1.40 bits per heavy atom. The van der Waals surface area contributed by atoms with E-state index in [0.717, 1.165) is 16.7 Å². The lowest BCUT2D eigenvalue weighted by atomic mass is 9.97. The van der Waals surface area contributed by atoms with Crippen molar-refractivity contribution in [3.63, 3.8) is 0 Å². The molecule has 3 heteroatoms. The molecule has 1 unspecified atom stereocenters. The number of hydrogen-bond acceptors (Lipinski definition) is 3. The van der Waals surface area contributed by atoms with Gasteiger partial charge in [0.05, 0.1) is 7.11 Å². The molecule has 0 spiro atoms. The van der Waals surface area contributed by atoms with Crippen molar-refractivity contribution in [2.75, 3.05) is 7.11 Å². The van der Waals surface area contributed by atoms with E-state index in [2.05, 4.69) is 4.74 Å². The molecule has 0 aromatic heterocycles. The minimum absolute atomic E-state index is 0.311. The molecule has 0 heterocycles. The van der Waals surface area contributed by atoms with Gasteiger partial charge in [-0.05, 0) is 30.5 Å². The van der Waals surface area contributed by atoms with Crippen molar-refractivity contribution in [3.8, 4) is 0 Å². The van der Waals surface area contributed by atoms with Crippen LogP contribution in [0.2, 0.25) is 0 Å². The van der Waals surface area contributed by atoms with Gasteiger partial charge in [0.1, 0.15) is 0 Å². The second-order valence-electron chi connectivity index (χ2n) is 3.61. The Bertz CT molecular complexity index is 338. The maximum absolute atomic E-state index is 11.1. The lowest BCUT2D eigenvalue weighted by Gasteiger charge is -2.12. The SMILES string of the molecule is COC(=O)C(O)Cc1c(C)cccc1C. The average Bonchev–Trinajstić information content (AvgIpc) is 2.22. The fourth-order valence-electron chi connectivity index (χ4n) is 1.58. The number of methoxy groups -OCH3 is 1. The van der Waals surface area contributed by atoms with E-state index < -0.39 is 12.1 Å². The molecule has 15 heavy (non-hydrogen) atoms. The Balaban J connectivity index is 2.85. The number of ether oxygens (including phenoxy) is 1. The van der Waals surface area contributed by atoms with E-state index in [0.29, 0.717) is 6.42 Å². The Morgan fingerprint density at radius 3 is 2.40 bits per heavy atom. The lowest BCUT2D eigenvalue weighted by Crippen LogP contribution is -2.24. The molecule has 0 aliphatic carbocycles. The zero-order valence-electron chi connectivity index (χ0n) is 9.28. The van der Waals surface area contributed by atoms with Crippen LogP contribution in [0.3, 0.4) is 0 Å². The van der Waals surface area contributed by atoms with Gasteiger partial charge < -0.3 is 9.84 Å². The molecule has 0 fully saturated rings. The smallest absolute Gasteiger partial charge is 0.335 e. The van der Waals surface area contributed by atoms with Crippen molar-refractivity contribution < 1.29 is 14.6 Å². The third-order valence-electron chi connectivity index (χ3n) is 2.52. The maximum Gasteiger partial charge on any atom is 0.335 e. The molecule has 3 nitrogen and oxygen atoms in total. The number of rotatable bonds is 3. The molecule has 1 aromatic carbocycles. The maximum atomic E-state index is 11.1. The van der Waals surface area contributed by atoms with E-state index in [4.69, 9.17) is 0 Å². The van der Waals surface area contributed by atoms with Crippen LogP contribution in [-0.4, -0.2) is 24.3 Å². The highest BCUT2D eigenvalue weighted by molar-refractivity contribution is 5.74. The van der Waals surface area contributed by atoms with E-state index in [-0.39, 0.29) is 0 Å². The highest BCUT2D eigenvalue weighted by Gasteiger charge is 2.17. The molecule has 0 saturated carbocycles. The van der Waals surface area contributed by atoms with Gasteiger partial charge in [-0.25, -0.2) is 4.79 Å². The van der Waals surface area contributed by atoms with Crippen LogP contribution < -0.4 is 0 Å².